The molecule has 86 valence electrons. The zero-order valence-corrected chi connectivity index (χ0v) is 9.92. The van der Waals surface area contributed by atoms with Gasteiger partial charge in [0, 0.05) is 11.6 Å². The molecule has 1 rings (SSSR count). The van der Waals surface area contributed by atoms with Gasteiger partial charge in [0.25, 0.3) is 0 Å². The van der Waals surface area contributed by atoms with E-state index >= 15 is 0 Å². The Balaban J connectivity index is 2.56. The van der Waals surface area contributed by atoms with E-state index in [1.54, 1.807) is 6.26 Å². The Morgan fingerprint density at radius 1 is 1.53 bits per heavy atom. The number of hydrazine groups is 1. The van der Waals surface area contributed by atoms with Crippen LogP contribution in [0.15, 0.2) is 16.7 Å². The average Bonchev–Trinajstić information content (AvgIpc) is 2.61. The van der Waals surface area contributed by atoms with Crippen molar-refractivity contribution in [2.45, 2.75) is 46.1 Å². The fraction of sp³-hybridized carbons (Fsp3) is 0.667. The van der Waals surface area contributed by atoms with E-state index in [4.69, 9.17) is 10.3 Å². The Kier molecular flexibility index (Phi) is 4.85. The molecule has 0 aliphatic rings. The molecule has 3 nitrogen and oxygen atoms in total. The lowest BCUT2D eigenvalue weighted by atomic mass is 9.94. The summed E-state index contributed by atoms with van der Waals surface area (Å²) in [7, 11) is 0. The van der Waals surface area contributed by atoms with Gasteiger partial charge < -0.3 is 4.42 Å². The molecule has 0 radical (unpaired) electrons. The molecule has 0 aliphatic heterocycles. The topological polar surface area (TPSA) is 51.2 Å². The normalized spacial score (nSPS) is 15.2. The lowest BCUT2D eigenvalue weighted by Gasteiger charge is -2.18. The van der Waals surface area contributed by atoms with Crippen LogP contribution < -0.4 is 11.3 Å². The smallest absolute Gasteiger partial charge is 0.101 e. The maximum Gasteiger partial charge on any atom is 0.101 e. The highest BCUT2D eigenvalue weighted by Crippen LogP contribution is 2.24. The minimum atomic E-state index is 0.212. The summed E-state index contributed by atoms with van der Waals surface area (Å²) in [4.78, 5) is 0. The lowest BCUT2D eigenvalue weighted by Crippen LogP contribution is -2.29. The van der Waals surface area contributed by atoms with Crippen molar-refractivity contribution in [3.8, 4) is 0 Å². The van der Waals surface area contributed by atoms with Crippen LogP contribution >= 0.6 is 0 Å². The van der Waals surface area contributed by atoms with Crippen LogP contribution in [-0.4, -0.2) is 0 Å². The predicted octanol–water partition coefficient (Wildman–Crippen LogP) is 2.92. The van der Waals surface area contributed by atoms with Crippen molar-refractivity contribution in [1.29, 1.82) is 0 Å². The van der Waals surface area contributed by atoms with Crippen LogP contribution in [0.2, 0.25) is 0 Å². The second-order valence-corrected chi connectivity index (χ2v) is 4.34. The Labute approximate surface area is 92.0 Å². The fourth-order valence-electron chi connectivity index (χ4n) is 1.96. The van der Waals surface area contributed by atoms with Gasteiger partial charge in [-0.05, 0) is 25.3 Å². The summed E-state index contributed by atoms with van der Waals surface area (Å²) in [6.45, 7) is 6.43. The van der Waals surface area contributed by atoms with E-state index in [2.05, 4.69) is 19.3 Å². The highest BCUT2D eigenvalue weighted by Gasteiger charge is 2.15. The molecule has 0 saturated carbocycles. The van der Waals surface area contributed by atoms with Gasteiger partial charge in [0.1, 0.15) is 5.76 Å². The van der Waals surface area contributed by atoms with E-state index < -0.39 is 0 Å². The molecular formula is C12H22N2O. The molecule has 0 saturated heterocycles. The largest absolute Gasteiger partial charge is 0.469 e. The molecule has 15 heavy (non-hydrogen) atoms. The number of hydrogen-bond donors (Lipinski definition) is 2. The van der Waals surface area contributed by atoms with Gasteiger partial charge in [0.05, 0.1) is 6.26 Å². The monoisotopic (exact) mass is 210 g/mol. The molecule has 1 aromatic heterocycles. The minimum Gasteiger partial charge on any atom is -0.469 e. The van der Waals surface area contributed by atoms with Gasteiger partial charge in [-0.1, -0.05) is 26.7 Å². The van der Waals surface area contributed by atoms with E-state index in [9.17, 15) is 0 Å². The van der Waals surface area contributed by atoms with Gasteiger partial charge in [-0.3, -0.25) is 11.3 Å². The second-order valence-electron chi connectivity index (χ2n) is 4.34. The first-order chi connectivity index (χ1) is 7.17. The van der Waals surface area contributed by atoms with Crippen molar-refractivity contribution in [2.24, 2.45) is 11.8 Å². The third-order valence-electron chi connectivity index (χ3n) is 2.77. The summed E-state index contributed by atoms with van der Waals surface area (Å²) in [5, 5.41) is 0. The van der Waals surface area contributed by atoms with Crippen LogP contribution in [0.25, 0.3) is 0 Å². The summed E-state index contributed by atoms with van der Waals surface area (Å²) in [5.41, 5.74) is 4.01. The predicted molar refractivity (Wildman–Crippen MR) is 62.2 cm³/mol. The first kappa shape index (κ1) is 12.3. The summed E-state index contributed by atoms with van der Waals surface area (Å²) in [6, 6.07) is 2.26. The van der Waals surface area contributed by atoms with Gasteiger partial charge in [-0.25, -0.2) is 0 Å². The van der Waals surface area contributed by atoms with E-state index in [0.29, 0.717) is 5.92 Å². The van der Waals surface area contributed by atoms with Gasteiger partial charge in [-0.15, -0.1) is 0 Å². The SMILES string of the molecule is CCCC(C)CC(NN)c1coc(C)c1. The van der Waals surface area contributed by atoms with E-state index in [1.165, 1.54) is 12.8 Å². The van der Waals surface area contributed by atoms with Crippen molar-refractivity contribution in [3.05, 3.63) is 23.7 Å². The number of nitrogens with two attached hydrogens (primary N) is 1. The zero-order chi connectivity index (χ0) is 11.3. The van der Waals surface area contributed by atoms with Gasteiger partial charge >= 0.3 is 0 Å². The average molecular weight is 210 g/mol. The first-order valence-corrected chi connectivity index (χ1v) is 5.68. The highest BCUT2D eigenvalue weighted by molar-refractivity contribution is 5.16. The van der Waals surface area contributed by atoms with Crippen molar-refractivity contribution in [2.75, 3.05) is 0 Å². The lowest BCUT2D eigenvalue weighted by molar-refractivity contribution is 0.392. The highest BCUT2D eigenvalue weighted by atomic mass is 16.3. The molecule has 0 amide bonds. The summed E-state index contributed by atoms with van der Waals surface area (Å²) in [5.74, 6) is 7.19. The molecule has 3 N–H and O–H groups in total. The molecule has 3 heteroatoms. The van der Waals surface area contributed by atoms with Crippen LogP contribution in [0, 0.1) is 12.8 Å². The van der Waals surface area contributed by atoms with Crippen molar-refractivity contribution >= 4 is 0 Å². The number of hydrogen-bond acceptors (Lipinski definition) is 3. The summed E-state index contributed by atoms with van der Waals surface area (Å²) >= 11 is 0. The Hall–Kier alpha value is -0.800. The molecule has 1 aromatic rings. The number of nitrogens with one attached hydrogen (secondary N) is 1. The molecular weight excluding hydrogens is 188 g/mol. The summed E-state index contributed by atoms with van der Waals surface area (Å²) in [6.07, 6.45) is 5.32. The maximum absolute atomic E-state index is 5.57. The molecule has 0 spiro atoms. The van der Waals surface area contributed by atoms with Gasteiger partial charge in [-0.2, -0.15) is 0 Å². The Morgan fingerprint density at radius 3 is 2.73 bits per heavy atom. The third kappa shape index (κ3) is 3.68. The van der Waals surface area contributed by atoms with Crippen LogP contribution in [0.3, 0.4) is 0 Å². The van der Waals surface area contributed by atoms with Crippen LogP contribution in [0.5, 0.6) is 0 Å². The number of rotatable bonds is 6. The molecule has 0 aromatic carbocycles. The molecule has 1 heterocycles. The fourth-order valence-corrected chi connectivity index (χ4v) is 1.96. The van der Waals surface area contributed by atoms with Crippen molar-refractivity contribution in [1.82, 2.24) is 5.43 Å². The molecule has 0 fully saturated rings. The molecule has 2 atom stereocenters. The van der Waals surface area contributed by atoms with E-state index in [0.717, 1.165) is 17.7 Å². The first-order valence-electron chi connectivity index (χ1n) is 5.68. The standard InChI is InChI=1S/C12H22N2O/c1-4-5-9(2)6-12(14-13)11-7-10(3)15-8-11/h7-9,12,14H,4-6,13H2,1-3H3. The number of furan rings is 1. The minimum absolute atomic E-state index is 0.212. The maximum atomic E-state index is 5.57. The van der Waals surface area contributed by atoms with Crippen molar-refractivity contribution in [3.63, 3.8) is 0 Å². The molecule has 2 unspecified atom stereocenters. The summed E-state index contributed by atoms with van der Waals surface area (Å²) < 4.78 is 5.29. The van der Waals surface area contributed by atoms with E-state index in [-0.39, 0.29) is 6.04 Å². The van der Waals surface area contributed by atoms with Crippen LogP contribution in [-0.2, 0) is 0 Å². The van der Waals surface area contributed by atoms with Gasteiger partial charge in [0.2, 0.25) is 0 Å². The van der Waals surface area contributed by atoms with E-state index in [1.807, 2.05) is 13.0 Å². The van der Waals surface area contributed by atoms with Crippen LogP contribution in [0.4, 0.5) is 0 Å². The zero-order valence-electron chi connectivity index (χ0n) is 9.92. The van der Waals surface area contributed by atoms with Crippen LogP contribution in [0.1, 0.15) is 50.5 Å². The Morgan fingerprint density at radius 2 is 2.27 bits per heavy atom. The Bertz CT molecular complexity index is 283. The third-order valence-corrected chi connectivity index (χ3v) is 2.77. The van der Waals surface area contributed by atoms with Crippen molar-refractivity contribution < 1.29 is 4.42 Å². The van der Waals surface area contributed by atoms with Gasteiger partial charge in [0.15, 0.2) is 0 Å². The second kappa shape index (κ2) is 5.93. The quantitative estimate of drug-likeness (QED) is 0.560. The molecule has 0 bridgehead atoms. The number of aryl methyl sites for hydroxylation is 1. The molecule has 0 aliphatic carbocycles.